The van der Waals surface area contributed by atoms with Gasteiger partial charge in [0.1, 0.15) is 10.8 Å². The van der Waals surface area contributed by atoms with Crippen molar-refractivity contribution in [2.24, 2.45) is 7.05 Å². The Morgan fingerprint density at radius 1 is 1.13 bits per heavy atom. The van der Waals surface area contributed by atoms with E-state index in [-0.39, 0.29) is 11.9 Å². The molecule has 2 aromatic carbocycles. The van der Waals surface area contributed by atoms with Crippen LogP contribution in [0.5, 0.6) is 0 Å². The van der Waals surface area contributed by atoms with Gasteiger partial charge in [-0.25, -0.2) is 14.1 Å². The molecule has 154 valence electrons. The van der Waals surface area contributed by atoms with Crippen molar-refractivity contribution in [2.75, 3.05) is 6.54 Å². The van der Waals surface area contributed by atoms with E-state index in [2.05, 4.69) is 28.2 Å². The van der Waals surface area contributed by atoms with Crippen molar-refractivity contribution in [3.8, 4) is 11.4 Å². The first kappa shape index (κ1) is 19.5. The molecule has 0 aliphatic carbocycles. The number of hydrogen-bond donors (Lipinski definition) is 0. The molecule has 0 N–H and O–H groups in total. The second kappa shape index (κ2) is 8.02. The highest BCUT2D eigenvalue weighted by Crippen LogP contribution is 2.36. The highest BCUT2D eigenvalue weighted by molar-refractivity contribution is 7.71. The lowest BCUT2D eigenvalue weighted by atomic mass is 10.0. The third kappa shape index (κ3) is 3.49. The minimum Gasteiger partial charge on any atom is -0.303 e. The second-order valence-corrected chi connectivity index (χ2v) is 9.06. The molecule has 0 spiro atoms. The summed E-state index contributed by atoms with van der Waals surface area (Å²) >= 11 is 7.40. The summed E-state index contributed by atoms with van der Waals surface area (Å²) in [6.07, 6.45) is 3.40. The van der Waals surface area contributed by atoms with Crippen LogP contribution in [0.15, 0.2) is 48.5 Å². The molecular weight excluding hydrogens is 417 g/mol. The number of rotatable bonds is 4. The topological polar surface area (TPSA) is 38.9 Å². The number of aromatic nitrogens is 4. The van der Waals surface area contributed by atoms with Gasteiger partial charge in [0, 0.05) is 13.6 Å². The monoisotopic (exact) mass is 439 g/mol. The van der Waals surface area contributed by atoms with Crippen molar-refractivity contribution in [1.29, 1.82) is 0 Å². The normalized spacial score (nSPS) is 17.6. The summed E-state index contributed by atoms with van der Waals surface area (Å²) in [6.45, 7) is 1.54. The fourth-order valence-electron chi connectivity index (χ4n) is 4.10. The van der Waals surface area contributed by atoms with Gasteiger partial charge in [-0.05, 0) is 49.3 Å². The number of nitrogens with zero attached hydrogens (tertiary/aromatic N) is 5. The average molecular weight is 440 g/mol. The number of para-hydroxylation sites is 1. The minimum absolute atomic E-state index is 0.247. The van der Waals surface area contributed by atoms with Gasteiger partial charge in [0.25, 0.3) is 0 Å². The maximum absolute atomic E-state index is 14.3. The molecule has 1 unspecified atom stereocenters. The lowest BCUT2D eigenvalue weighted by Crippen LogP contribution is -2.35. The molecule has 0 bridgehead atoms. The summed E-state index contributed by atoms with van der Waals surface area (Å²) < 4.78 is 19.7. The van der Waals surface area contributed by atoms with E-state index < -0.39 is 0 Å². The molecule has 5 nitrogen and oxygen atoms in total. The standard InChI is InChI=1S/C22H22FN5S2/c1-26-20(15-8-2-3-9-16(15)23)25-28(22(26)29)14-27-13-7-6-11-18(27)21-24-17-10-4-5-12-19(17)30-21/h2-5,8-10,12,18H,6-7,11,13-14H2,1H3. The van der Waals surface area contributed by atoms with E-state index in [1.165, 1.54) is 17.2 Å². The van der Waals surface area contributed by atoms with Crippen molar-refractivity contribution in [2.45, 2.75) is 32.0 Å². The minimum atomic E-state index is -0.293. The predicted octanol–water partition coefficient (Wildman–Crippen LogP) is 5.55. The molecule has 1 atom stereocenters. The summed E-state index contributed by atoms with van der Waals surface area (Å²) in [7, 11) is 1.84. The molecule has 5 rings (SSSR count). The van der Waals surface area contributed by atoms with Gasteiger partial charge in [-0.15, -0.1) is 11.3 Å². The lowest BCUT2D eigenvalue weighted by molar-refractivity contribution is 0.103. The molecule has 8 heteroatoms. The summed E-state index contributed by atoms with van der Waals surface area (Å²) in [5, 5.41) is 5.83. The van der Waals surface area contributed by atoms with Crippen LogP contribution in [0.2, 0.25) is 0 Å². The van der Waals surface area contributed by atoms with Crippen LogP contribution in [0.3, 0.4) is 0 Å². The van der Waals surface area contributed by atoms with E-state index in [1.54, 1.807) is 28.0 Å². The number of benzene rings is 2. The molecule has 0 amide bonds. The SMILES string of the molecule is Cn1c(-c2ccccc2F)nn(CN2CCCCC2c2nc3ccccc3s2)c1=S. The number of hydrogen-bond acceptors (Lipinski definition) is 5. The van der Waals surface area contributed by atoms with Crippen molar-refractivity contribution >= 4 is 33.8 Å². The van der Waals surface area contributed by atoms with E-state index in [0.717, 1.165) is 29.9 Å². The molecule has 1 saturated heterocycles. The fourth-order valence-corrected chi connectivity index (χ4v) is 5.42. The Balaban J connectivity index is 1.47. The molecule has 30 heavy (non-hydrogen) atoms. The van der Waals surface area contributed by atoms with E-state index in [4.69, 9.17) is 17.2 Å². The van der Waals surface area contributed by atoms with Crippen molar-refractivity contribution < 1.29 is 4.39 Å². The third-order valence-corrected chi connectivity index (χ3v) is 7.30. The number of thiazole rings is 1. The van der Waals surface area contributed by atoms with Crippen LogP contribution < -0.4 is 0 Å². The Kier molecular flexibility index (Phi) is 5.22. The van der Waals surface area contributed by atoms with Gasteiger partial charge in [-0.2, -0.15) is 5.10 Å². The van der Waals surface area contributed by atoms with Crippen LogP contribution in [-0.4, -0.2) is 30.8 Å². The maximum Gasteiger partial charge on any atom is 0.199 e. The van der Waals surface area contributed by atoms with Crippen LogP contribution in [0.25, 0.3) is 21.6 Å². The molecule has 0 saturated carbocycles. The molecule has 1 aliphatic rings. The van der Waals surface area contributed by atoms with E-state index >= 15 is 0 Å². The fraction of sp³-hybridized carbons (Fsp3) is 0.318. The Hall–Kier alpha value is -2.42. The lowest BCUT2D eigenvalue weighted by Gasteiger charge is -2.34. The largest absolute Gasteiger partial charge is 0.303 e. The van der Waals surface area contributed by atoms with Gasteiger partial charge in [0.15, 0.2) is 10.6 Å². The van der Waals surface area contributed by atoms with Crippen molar-refractivity contribution in [3.05, 3.63) is 64.1 Å². The Labute approximate surface area is 183 Å². The second-order valence-electron chi connectivity index (χ2n) is 7.63. The highest BCUT2D eigenvalue weighted by atomic mass is 32.1. The van der Waals surface area contributed by atoms with Crippen LogP contribution in [0, 0.1) is 10.6 Å². The van der Waals surface area contributed by atoms with Gasteiger partial charge in [0.05, 0.1) is 28.5 Å². The first-order valence-electron chi connectivity index (χ1n) is 10.1. The number of likely N-dealkylation sites (tertiary alicyclic amines) is 1. The molecule has 4 aromatic rings. The molecule has 3 heterocycles. The third-order valence-electron chi connectivity index (χ3n) is 5.68. The van der Waals surface area contributed by atoms with Gasteiger partial charge >= 0.3 is 0 Å². The maximum atomic E-state index is 14.3. The summed E-state index contributed by atoms with van der Waals surface area (Å²) in [4.78, 5) is 7.30. The Bertz CT molecular complexity index is 1220. The van der Waals surface area contributed by atoms with Crippen molar-refractivity contribution in [3.63, 3.8) is 0 Å². The first-order valence-corrected chi connectivity index (χ1v) is 11.3. The molecular formula is C22H22FN5S2. The molecule has 1 aliphatic heterocycles. The zero-order valence-electron chi connectivity index (χ0n) is 16.7. The van der Waals surface area contributed by atoms with Crippen LogP contribution >= 0.6 is 23.6 Å². The molecule has 2 aromatic heterocycles. The highest BCUT2D eigenvalue weighted by Gasteiger charge is 2.28. The number of halogens is 1. The summed E-state index contributed by atoms with van der Waals surface area (Å²) in [6, 6.07) is 15.2. The zero-order chi connectivity index (χ0) is 20.7. The number of fused-ring (bicyclic) bond motifs is 1. The van der Waals surface area contributed by atoms with Crippen LogP contribution in [-0.2, 0) is 13.7 Å². The van der Waals surface area contributed by atoms with Crippen molar-refractivity contribution in [1.82, 2.24) is 24.2 Å². The van der Waals surface area contributed by atoms with E-state index in [9.17, 15) is 4.39 Å². The number of piperidine rings is 1. The smallest absolute Gasteiger partial charge is 0.199 e. The average Bonchev–Trinajstić information content (AvgIpc) is 3.31. The van der Waals surface area contributed by atoms with E-state index in [1.807, 2.05) is 23.9 Å². The van der Waals surface area contributed by atoms with Gasteiger partial charge in [0.2, 0.25) is 0 Å². The molecule has 1 fully saturated rings. The Morgan fingerprint density at radius 2 is 1.93 bits per heavy atom. The quantitative estimate of drug-likeness (QED) is 0.391. The van der Waals surface area contributed by atoms with Gasteiger partial charge in [-0.1, -0.05) is 30.7 Å². The van der Waals surface area contributed by atoms with Crippen LogP contribution in [0.1, 0.15) is 30.3 Å². The first-order chi connectivity index (χ1) is 14.6. The van der Waals surface area contributed by atoms with Crippen LogP contribution in [0.4, 0.5) is 4.39 Å². The van der Waals surface area contributed by atoms with E-state index in [0.29, 0.717) is 22.8 Å². The molecule has 0 radical (unpaired) electrons. The zero-order valence-corrected chi connectivity index (χ0v) is 18.3. The summed E-state index contributed by atoms with van der Waals surface area (Å²) in [5.74, 6) is 0.254. The Morgan fingerprint density at radius 3 is 2.77 bits per heavy atom. The van der Waals surface area contributed by atoms with Gasteiger partial charge in [-0.3, -0.25) is 4.90 Å². The predicted molar refractivity (Wildman–Crippen MR) is 120 cm³/mol. The summed E-state index contributed by atoms with van der Waals surface area (Å²) in [5.41, 5.74) is 1.52. The van der Waals surface area contributed by atoms with Gasteiger partial charge < -0.3 is 4.57 Å².